The van der Waals surface area contributed by atoms with Gasteiger partial charge in [0, 0.05) is 13.0 Å². The molecule has 0 amide bonds. The van der Waals surface area contributed by atoms with E-state index in [2.05, 4.69) is 20.8 Å². The van der Waals surface area contributed by atoms with E-state index in [1.54, 1.807) is 7.11 Å². The Bertz CT molecular complexity index is 107. The minimum Gasteiger partial charge on any atom is -0.356 e. The molecule has 0 aromatic carbocycles. The number of hydrogen-bond acceptors (Lipinski definition) is 2. The van der Waals surface area contributed by atoms with Crippen LogP contribution in [0.4, 0.5) is 0 Å². The number of ether oxygens (including phenoxy) is 2. The highest BCUT2D eigenvalue weighted by molar-refractivity contribution is 4.80. The summed E-state index contributed by atoms with van der Waals surface area (Å²) in [5.74, 6) is 1.16. The molecule has 0 bridgehead atoms. The number of methoxy groups -OCH3 is 1. The fourth-order valence-electron chi connectivity index (χ4n) is 1.74. The van der Waals surface area contributed by atoms with Gasteiger partial charge < -0.3 is 9.47 Å². The van der Waals surface area contributed by atoms with E-state index in [0.29, 0.717) is 17.9 Å². The summed E-state index contributed by atoms with van der Waals surface area (Å²) in [7, 11) is 1.71. The standard InChI is InChI=1S/C9H18O2/c1-5-8-6(2)7(3)9(10-4)11-8/h6-9H,5H2,1-4H3/t6-,7?,8+,9?/m1/s1. The molecule has 1 rings (SSSR count). The van der Waals surface area contributed by atoms with Crippen LogP contribution in [-0.2, 0) is 9.47 Å². The van der Waals surface area contributed by atoms with Crippen LogP contribution in [0.25, 0.3) is 0 Å². The largest absolute Gasteiger partial charge is 0.356 e. The van der Waals surface area contributed by atoms with Crippen molar-refractivity contribution < 1.29 is 9.47 Å². The summed E-state index contributed by atoms with van der Waals surface area (Å²) in [5.41, 5.74) is 0. The van der Waals surface area contributed by atoms with E-state index in [4.69, 9.17) is 9.47 Å². The van der Waals surface area contributed by atoms with Gasteiger partial charge in [-0.1, -0.05) is 20.8 Å². The molecule has 4 atom stereocenters. The first kappa shape index (κ1) is 9.01. The Morgan fingerprint density at radius 2 is 1.91 bits per heavy atom. The molecule has 0 N–H and O–H groups in total. The monoisotopic (exact) mass is 158 g/mol. The van der Waals surface area contributed by atoms with Gasteiger partial charge in [-0.25, -0.2) is 0 Å². The van der Waals surface area contributed by atoms with Gasteiger partial charge >= 0.3 is 0 Å². The van der Waals surface area contributed by atoms with Gasteiger partial charge in [0.25, 0.3) is 0 Å². The van der Waals surface area contributed by atoms with Crippen molar-refractivity contribution in [2.24, 2.45) is 11.8 Å². The smallest absolute Gasteiger partial charge is 0.160 e. The first-order valence-electron chi connectivity index (χ1n) is 4.39. The zero-order chi connectivity index (χ0) is 8.43. The Morgan fingerprint density at radius 3 is 2.18 bits per heavy atom. The average Bonchev–Trinajstić information content (AvgIpc) is 2.30. The van der Waals surface area contributed by atoms with E-state index in [1.165, 1.54) is 0 Å². The molecule has 1 aliphatic heterocycles. The van der Waals surface area contributed by atoms with Crippen molar-refractivity contribution in [3.63, 3.8) is 0 Å². The van der Waals surface area contributed by atoms with Crippen molar-refractivity contribution in [3.05, 3.63) is 0 Å². The van der Waals surface area contributed by atoms with Gasteiger partial charge in [0.1, 0.15) is 0 Å². The van der Waals surface area contributed by atoms with Crippen LogP contribution in [0.1, 0.15) is 27.2 Å². The summed E-state index contributed by atoms with van der Waals surface area (Å²) in [6.07, 6.45) is 1.51. The van der Waals surface area contributed by atoms with Crippen LogP contribution in [0.2, 0.25) is 0 Å². The molecule has 1 aliphatic rings. The summed E-state index contributed by atoms with van der Waals surface area (Å²) in [6, 6.07) is 0. The molecule has 1 heterocycles. The predicted octanol–water partition coefficient (Wildman–Crippen LogP) is 2.04. The van der Waals surface area contributed by atoms with E-state index in [-0.39, 0.29) is 6.29 Å². The zero-order valence-corrected chi connectivity index (χ0v) is 7.83. The topological polar surface area (TPSA) is 18.5 Å². The molecule has 1 fully saturated rings. The third-order valence-corrected chi connectivity index (χ3v) is 2.79. The maximum Gasteiger partial charge on any atom is 0.160 e. The third-order valence-electron chi connectivity index (χ3n) is 2.79. The molecule has 0 aliphatic carbocycles. The Kier molecular flexibility index (Phi) is 2.90. The maximum absolute atomic E-state index is 5.66. The lowest BCUT2D eigenvalue weighted by atomic mass is 9.92. The van der Waals surface area contributed by atoms with Crippen molar-refractivity contribution in [1.29, 1.82) is 0 Å². The highest BCUT2D eigenvalue weighted by Crippen LogP contribution is 2.33. The van der Waals surface area contributed by atoms with Crippen LogP contribution in [0.3, 0.4) is 0 Å². The van der Waals surface area contributed by atoms with E-state index in [0.717, 1.165) is 6.42 Å². The normalized spacial score (nSPS) is 44.7. The van der Waals surface area contributed by atoms with Gasteiger partial charge in [-0.05, 0) is 12.3 Å². The van der Waals surface area contributed by atoms with Crippen LogP contribution >= 0.6 is 0 Å². The molecule has 0 aromatic heterocycles. The van der Waals surface area contributed by atoms with Gasteiger partial charge in [-0.2, -0.15) is 0 Å². The first-order chi connectivity index (χ1) is 5.20. The van der Waals surface area contributed by atoms with Crippen molar-refractivity contribution in [1.82, 2.24) is 0 Å². The molecule has 11 heavy (non-hydrogen) atoms. The van der Waals surface area contributed by atoms with Crippen molar-refractivity contribution in [2.45, 2.75) is 39.6 Å². The molecular formula is C9H18O2. The molecule has 0 radical (unpaired) electrons. The quantitative estimate of drug-likeness (QED) is 0.612. The molecule has 1 saturated heterocycles. The number of hydrogen-bond donors (Lipinski definition) is 0. The lowest BCUT2D eigenvalue weighted by molar-refractivity contribution is -0.129. The van der Waals surface area contributed by atoms with E-state index < -0.39 is 0 Å². The predicted molar refractivity (Wildman–Crippen MR) is 44.3 cm³/mol. The Morgan fingerprint density at radius 1 is 1.27 bits per heavy atom. The van der Waals surface area contributed by atoms with E-state index >= 15 is 0 Å². The Labute approximate surface area is 68.9 Å². The van der Waals surface area contributed by atoms with E-state index in [1.807, 2.05) is 0 Å². The molecule has 66 valence electrons. The SMILES string of the molecule is CC[C@@H]1OC(OC)C(C)[C@H]1C. The fraction of sp³-hybridized carbons (Fsp3) is 1.00. The highest BCUT2D eigenvalue weighted by atomic mass is 16.7. The van der Waals surface area contributed by atoms with Crippen molar-refractivity contribution >= 4 is 0 Å². The first-order valence-corrected chi connectivity index (χ1v) is 4.39. The van der Waals surface area contributed by atoms with Crippen LogP contribution in [-0.4, -0.2) is 19.5 Å². The van der Waals surface area contributed by atoms with Crippen molar-refractivity contribution in [3.8, 4) is 0 Å². The fourth-order valence-corrected chi connectivity index (χ4v) is 1.74. The van der Waals surface area contributed by atoms with Gasteiger partial charge in [0.15, 0.2) is 6.29 Å². The minimum absolute atomic E-state index is 0.0231. The second-order valence-corrected chi connectivity index (χ2v) is 3.41. The molecule has 2 nitrogen and oxygen atoms in total. The number of rotatable bonds is 2. The third kappa shape index (κ3) is 1.57. The Balaban J connectivity index is 2.53. The maximum atomic E-state index is 5.66. The summed E-state index contributed by atoms with van der Waals surface area (Å²) < 4.78 is 10.9. The van der Waals surface area contributed by atoms with Crippen LogP contribution in [0, 0.1) is 11.8 Å². The lowest BCUT2D eigenvalue weighted by Crippen LogP contribution is -2.17. The summed E-state index contributed by atoms with van der Waals surface area (Å²) >= 11 is 0. The summed E-state index contributed by atoms with van der Waals surface area (Å²) in [4.78, 5) is 0. The summed E-state index contributed by atoms with van der Waals surface area (Å²) in [5, 5.41) is 0. The Hall–Kier alpha value is -0.0800. The summed E-state index contributed by atoms with van der Waals surface area (Å²) in [6.45, 7) is 6.58. The molecule has 2 unspecified atom stereocenters. The second-order valence-electron chi connectivity index (χ2n) is 3.41. The van der Waals surface area contributed by atoms with E-state index in [9.17, 15) is 0 Å². The van der Waals surface area contributed by atoms with Crippen LogP contribution < -0.4 is 0 Å². The minimum atomic E-state index is 0.0231. The lowest BCUT2D eigenvalue weighted by Gasteiger charge is -2.13. The van der Waals surface area contributed by atoms with Crippen LogP contribution in [0.15, 0.2) is 0 Å². The zero-order valence-electron chi connectivity index (χ0n) is 7.83. The molecule has 0 spiro atoms. The van der Waals surface area contributed by atoms with Gasteiger partial charge in [-0.3, -0.25) is 0 Å². The molecule has 0 saturated carbocycles. The molecule has 2 heteroatoms. The van der Waals surface area contributed by atoms with Crippen molar-refractivity contribution in [2.75, 3.05) is 7.11 Å². The van der Waals surface area contributed by atoms with Gasteiger partial charge in [0.2, 0.25) is 0 Å². The molecular weight excluding hydrogens is 140 g/mol. The van der Waals surface area contributed by atoms with Crippen LogP contribution in [0.5, 0.6) is 0 Å². The van der Waals surface area contributed by atoms with Gasteiger partial charge in [0.05, 0.1) is 6.10 Å². The highest BCUT2D eigenvalue weighted by Gasteiger charge is 2.37. The average molecular weight is 158 g/mol. The van der Waals surface area contributed by atoms with Gasteiger partial charge in [-0.15, -0.1) is 0 Å². The second kappa shape index (κ2) is 3.55. The molecule has 0 aromatic rings.